The van der Waals surface area contributed by atoms with Gasteiger partial charge in [0.2, 0.25) is 0 Å². The standard InChI is InChI=1S/C9H16O2/c1-5-9(4,11)7(2)6-8(3)10/h6,11H,5H2,1-4H3. The van der Waals surface area contributed by atoms with Crippen molar-refractivity contribution >= 4 is 5.78 Å². The summed E-state index contributed by atoms with van der Waals surface area (Å²) >= 11 is 0. The third-order valence-electron chi connectivity index (χ3n) is 1.96. The van der Waals surface area contributed by atoms with E-state index in [0.29, 0.717) is 6.42 Å². The van der Waals surface area contributed by atoms with Crippen molar-refractivity contribution in [2.75, 3.05) is 0 Å². The number of carbonyl (C=O) groups is 1. The van der Waals surface area contributed by atoms with Gasteiger partial charge in [-0.2, -0.15) is 0 Å². The van der Waals surface area contributed by atoms with Crippen LogP contribution in [0.4, 0.5) is 0 Å². The number of aliphatic hydroxyl groups is 1. The van der Waals surface area contributed by atoms with E-state index in [-0.39, 0.29) is 5.78 Å². The Balaban J connectivity index is 4.46. The van der Waals surface area contributed by atoms with Crippen LogP contribution >= 0.6 is 0 Å². The summed E-state index contributed by atoms with van der Waals surface area (Å²) in [5.74, 6) is -0.0174. The fraction of sp³-hybridized carbons (Fsp3) is 0.667. The minimum atomic E-state index is -0.828. The minimum Gasteiger partial charge on any atom is -0.386 e. The van der Waals surface area contributed by atoms with E-state index in [1.165, 1.54) is 13.0 Å². The quantitative estimate of drug-likeness (QED) is 0.631. The number of hydrogen-bond acceptors (Lipinski definition) is 2. The van der Waals surface area contributed by atoms with Crippen molar-refractivity contribution in [2.45, 2.75) is 39.7 Å². The molecule has 0 aliphatic heterocycles. The van der Waals surface area contributed by atoms with E-state index in [4.69, 9.17) is 0 Å². The van der Waals surface area contributed by atoms with E-state index in [0.717, 1.165) is 5.57 Å². The molecule has 0 amide bonds. The normalized spacial score (nSPS) is 17.7. The summed E-state index contributed by atoms with van der Waals surface area (Å²) in [7, 11) is 0. The molecule has 0 bridgehead atoms. The van der Waals surface area contributed by atoms with Gasteiger partial charge in [0.25, 0.3) is 0 Å². The molecule has 0 fully saturated rings. The second kappa shape index (κ2) is 3.67. The number of rotatable bonds is 3. The predicted molar refractivity (Wildman–Crippen MR) is 45.4 cm³/mol. The van der Waals surface area contributed by atoms with Crippen molar-refractivity contribution in [1.29, 1.82) is 0 Å². The highest BCUT2D eigenvalue weighted by Gasteiger charge is 2.19. The summed E-state index contributed by atoms with van der Waals surface area (Å²) in [4.78, 5) is 10.6. The van der Waals surface area contributed by atoms with Gasteiger partial charge in [-0.3, -0.25) is 4.79 Å². The van der Waals surface area contributed by atoms with Crippen LogP contribution in [0.15, 0.2) is 11.6 Å². The van der Waals surface area contributed by atoms with E-state index < -0.39 is 5.60 Å². The molecule has 0 heterocycles. The van der Waals surface area contributed by atoms with E-state index in [2.05, 4.69) is 0 Å². The zero-order valence-electron chi connectivity index (χ0n) is 7.64. The molecule has 0 saturated heterocycles. The fourth-order valence-electron chi connectivity index (χ4n) is 0.739. The zero-order chi connectivity index (χ0) is 9.07. The molecular weight excluding hydrogens is 140 g/mol. The molecule has 11 heavy (non-hydrogen) atoms. The van der Waals surface area contributed by atoms with Crippen LogP contribution in [0, 0.1) is 0 Å². The second-order valence-electron chi connectivity index (χ2n) is 3.07. The second-order valence-corrected chi connectivity index (χ2v) is 3.07. The number of hydrogen-bond donors (Lipinski definition) is 1. The van der Waals surface area contributed by atoms with Gasteiger partial charge in [-0.1, -0.05) is 6.92 Å². The Bertz CT molecular complexity index is 178. The van der Waals surface area contributed by atoms with Gasteiger partial charge in [-0.15, -0.1) is 0 Å². The van der Waals surface area contributed by atoms with Crippen LogP contribution < -0.4 is 0 Å². The first-order valence-corrected chi connectivity index (χ1v) is 3.82. The molecule has 0 aromatic rings. The van der Waals surface area contributed by atoms with Crippen molar-refractivity contribution < 1.29 is 9.90 Å². The average molecular weight is 156 g/mol. The van der Waals surface area contributed by atoms with Gasteiger partial charge in [0.15, 0.2) is 5.78 Å². The van der Waals surface area contributed by atoms with Crippen LogP contribution in [0.25, 0.3) is 0 Å². The lowest BCUT2D eigenvalue weighted by atomic mass is 9.93. The Labute approximate surface area is 67.9 Å². The van der Waals surface area contributed by atoms with Crippen LogP contribution in [0.1, 0.15) is 34.1 Å². The highest BCUT2D eigenvalue weighted by atomic mass is 16.3. The molecule has 1 N–H and O–H groups in total. The summed E-state index contributed by atoms with van der Waals surface area (Å²) in [6, 6.07) is 0. The molecule has 0 aliphatic carbocycles. The van der Waals surface area contributed by atoms with Gasteiger partial charge in [0.05, 0.1) is 5.60 Å². The Morgan fingerprint density at radius 1 is 1.55 bits per heavy atom. The Morgan fingerprint density at radius 3 is 2.27 bits per heavy atom. The van der Waals surface area contributed by atoms with Crippen LogP contribution in [-0.4, -0.2) is 16.5 Å². The molecule has 0 aliphatic rings. The van der Waals surface area contributed by atoms with Crippen LogP contribution in [0.2, 0.25) is 0 Å². The smallest absolute Gasteiger partial charge is 0.152 e. The van der Waals surface area contributed by atoms with Gasteiger partial charge < -0.3 is 5.11 Å². The van der Waals surface area contributed by atoms with E-state index in [1.807, 2.05) is 6.92 Å². The zero-order valence-corrected chi connectivity index (χ0v) is 7.64. The van der Waals surface area contributed by atoms with Crippen molar-refractivity contribution in [3.8, 4) is 0 Å². The summed E-state index contributed by atoms with van der Waals surface area (Å²) < 4.78 is 0. The molecule has 1 atom stereocenters. The molecule has 64 valence electrons. The molecule has 1 unspecified atom stereocenters. The SMILES string of the molecule is CCC(C)(O)C(C)=CC(C)=O. The summed E-state index contributed by atoms with van der Waals surface area (Å²) in [6.45, 7) is 6.85. The van der Waals surface area contributed by atoms with Gasteiger partial charge in [-0.05, 0) is 38.8 Å². The Hall–Kier alpha value is -0.630. The number of ketones is 1. The maximum atomic E-state index is 10.6. The Morgan fingerprint density at radius 2 is 2.00 bits per heavy atom. The van der Waals surface area contributed by atoms with Gasteiger partial charge in [0, 0.05) is 0 Å². The number of carbonyl (C=O) groups excluding carboxylic acids is 1. The third-order valence-corrected chi connectivity index (χ3v) is 1.96. The third kappa shape index (κ3) is 3.33. The summed E-state index contributed by atoms with van der Waals surface area (Å²) in [5, 5.41) is 9.62. The molecular formula is C9H16O2. The van der Waals surface area contributed by atoms with Crippen LogP contribution in [0.5, 0.6) is 0 Å². The van der Waals surface area contributed by atoms with Crippen molar-refractivity contribution in [3.63, 3.8) is 0 Å². The lowest BCUT2D eigenvalue weighted by Gasteiger charge is -2.21. The Kier molecular flexibility index (Phi) is 3.46. The van der Waals surface area contributed by atoms with Gasteiger partial charge >= 0.3 is 0 Å². The first-order valence-electron chi connectivity index (χ1n) is 3.82. The number of allylic oxidation sites excluding steroid dienone is 1. The fourth-order valence-corrected chi connectivity index (χ4v) is 0.739. The molecule has 0 spiro atoms. The van der Waals surface area contributed by atoms with Gasteiger partial charge in [0.1, 0.15) is 0 Å². The predicted octanol–water partition coefficient (Wildman–Crippen LogP) is 1.68. The van der Waals surface area contributed by atoms with Gasteiger partial charge in [-0.25, -0.2) is 0 Å². The largest absolute Gasteiger partial charge is 0.386 e. The van der Waals surface area contributed by atoms with Crippen molar-refractivity contribution in [1.82, 2.24) is 0 Å². The topological polar surface area (TPSA) is 37.3 Å². The molecule has 0 radical (unpaired) electrons. The van der Waals surface area contributed by atoms with Crippen LogP contribution in [0.3, 0.4) is 0 Å². The molecule has 0 saturated carbocycles. The molecule has 0 rings (SSSR count). The first kappa shape index (κ1) is 10.4. The minimum absolute atomic E-state index is 0.0174. The average Bonchev–Trinajstić information content (AvgIpc) is 1.86. The van der Waals surface area contributed by atoms with Crippen molar-refractivity contribution in [3.05, 3.63) is 11.6 Å². The molecule has 0 aromatic heterocycles. The molecule has 0 aromatic carbocycles. The monoisotopic (exact) mass is 156 g/mol. The lowest BCUT2D eigenvalue weighted by molar-refractivity contribution is -0.112. The molecule has 2 nitrogen and oxygen atoms in total. The first-order chi connectivity index (χ1) is 4.90. The van der Waals surface area contributed by atoms with E-state index in [1.54, 1.807) is 13.8 Å². The van der Waals surface area contributed by atoms with E-state index >= 15 is 0 Å². The highest BCUT2D eigenvalue weighted by Crippen LogP contribution is 2.18. The lowest BCUT2D eigenvalue weighted by Crippen LogP contribution is -2.24. The summed E-state index contributed by atoms with van der Waals surface area (Å²) in [6.07, 6.45) is 2.10. The van der Waals surface area contributed by atoms with E-state index in [9.17, 15) is 9.90 Å². The maximum Gasteiger partial charge on any atom is 0.152 e. The molecule has 2 heteroatoms. The summed E-state index contributed by atoms with van der Waals surface area (Å²) in [5.41, 5.74) is -0.0985. The van der Waals surface area contributed by atoms with Crippen molar-refractivity contribution in [2.24, 2.45) is 0 Å². The maximum absolute atomic E-state index is 10.6. The highest BCUT2D eigenvalue weighted by molar-refractivity contribution is 5.88. The van der Waals surface area contributed by atoms with Crippen LogP contribution in [-0.2, 0) is 4.79 Å².